The fraction of sp³-hybridized carbons (Fsp3) is 0.217. The minimum atomic E-state index is -0.343. The maximum absolute atomic E-state index is 14.3. The molecule has 1 aliphatic rings. The van der Waals surface area contributed by atoms with Crippen molar-refractivity contribution >= 4 is 11.6 Å². The second kappa shape index (κ2) is 7.08. The third-order valence-electron chi connectivity index (χ3n) is 5.46. The number of anilines is 1. The van der Waals surface area contributed by atoms with Crippen LogP contribution in [0.5, 0.6) is 0 Å². The van der Waals surface area contributed by atoms with E-state index in [1.165, 1.54) is 23.6 Å². The molecule has 4 rings (SSSR count). The lowest BCUT2D eigenvalue weighted by atomic mass is 9.72. The van der Waals surface area contributed by atoms with Crippen LogP contribution in [0.15, 0.2) is 61.4 Å². The summed E-state index contributed by atoms with van der Waals surface area (Å²) in [6.07, 6.45) is 6.52. The standard InChI is InChI=1S/C23H23FN4/c1-15-4-7-19(8-5-15)23(10-3-11-23)28-22-26-13-18(14-27-22)20-12-17(16(2)25)6-9-21(20)24/h4-9,12-14H,2-3,10-11,25H2,1H3,(H,26,27,28). The molecule has 0 atom stereocenters. The van der Waals surface area contributed by atoms with Gasteiger partial charge in [0.1, 0.15) is 5.82 Å². The molecule has 0 radical (unpaired) electrons. The first-order valence-electron chi connectivity index (χ1n) is 9.39. The predicted octanol–water partition coefficient (Wildman–Crippen LogP) is 5.01. The molecule has 0 bridgehead atoms. The molecule has 1 fully saturated rings. The fourth-order valence-corrected chi connectivity index (χ4v) is 3.58. The van der Waals surface area contributed by atoms with E-state index in [1.54, 1.807) is 24.5 Å². The van der Waals surface area contributed by atoms with Crippen molar-refractivity contribution in [2.75, 3.05) is 5.32 Å². The fourth-order valence-electron chi connectivity index (χ4n) is 3.58. The number of aromatic nitrogens is 2. The van der Waals surface area contributed by atoms with Gasteiger partial charge in [-0.1, -0.05) is 36.4 Å². The van der Waals surface area contributed by atoms with Gasteiger partial charge in [-0.05, 0) is 55.5 Å². The van der Waals surface area contributed by atoms with Gasteiger partial charge in [0.25, 0.3) is 0 Å². The smallest absolute Gasteiger partial charge is 0.223 e. The summed E-state index contributed by atoms with van der Waals surface area (Å²) in [6, 6.07) is 13.2. The first kappa shape index (κ1) is 18.2. The maximum atomic E-state index is 14.3. The van der Waals surface area contributed by atoms with Gasteiger partial charge in [0.05, 0.1) is 5.54 Å². The number of nitrogens with one attached hydrogen (secondary N) is 1. The average molecular weight is 374 g/mol. The summed E-state index contributed by atoms with van der Waals surface area (Å²) in [6.45, 7) is 5.79. The van der Waals surface area contributed by atoms with Gasteiger partial charge in [-0.25, -0.2) is 14.4 Å². The molecule has 0 spiro atoms. The van der Waals surface area contributed by atoms with Crippen molar-refractivity contribution in [1.29, 1.82) is 0 Å². The van der Waals surface area contributed by atoms with Gasteiger partial charge < -0.3 is 11.1 Å². The Morgan fingerprint density at radius 1 is 1.11 bits per heavy atom. The van der Waals surface area contributed by atoms with Crippen LogP contribution in [0.25, 0.3) is 16.8 Å². The summed E-state index contributed by atoms with van der Waals surface area (Å²) in [5.74, 6) is 0.202. The van der Waals surface area contributed by atoms with Crippen LogP contribution in [-0.2, 0) is 5.54 Å². The number of benzene rings is 2. The monoisotopic (exact) mass is 374 g/mol. The molecule has 0 aliphatic heterocycles. The summed E-state index contributed by atoms with van der Waals surface area (Å²) in [5.41, 5.74) is 10.2. The van der Waals surface area contributed by atoms with Gasteiger partial charge in [0.15, 0.2) is 0 Å². The minimum Gasteiger partial charge on any atom is -0.399 e. The van der Waals surface area contributed by atoms with E-state index in [0.717, 1.165) is 12.8 Å². The largest absolute Gasteiger partial charge is 0.399 e. The van der Waals surface area contributed by atoms with Gasteiger partial charge in [-0.2, -0.15) is 0 Å². The van der Waals surface area contributed by atoms with Crippen LogP contribution in [0.3, 0.4) is 0 Å². The molecule has 28 heavy (non-hydrogen) atoms. The molecular weight excluding hydrogens is 351 g/mol. The van der Waals surface area contributed by atoms with Crippen LogP contribution >= 0.6 is 0 Å². The minimum absolute atomic E-state index is 0.127. The van der Waals surface area contributed by atoms with Crippen molar-refractivity contribution in [3.05, 3.63) is 83.9 Å². The number of halogens is 1. The van der Waals surface area contributed by atoms with Crippen molar-refractivity contribution < 1.29 is 4.39 Å². The Kier molecular flexibility index (Phi) is 4.59. The van der Waals surface area contributed by atoms with Crippen molar-refractivity contribution in [3.63, 3.8) is 0 Å². The molecule has 1 saturated carbocycles. The van der Waals surface area contributed by atoms with E-state index in [4.69, 9.17) is 5.73 Å². The predicted molar refractivity (Wildman–Crippen MR) is 111 cm³/mol. The molecule has 1 aromatic heterocycles. The third-order valence-corrected chi connectivity index (χ3v) is 5.46. The summed E-state index contributed by atoms with van der Waals surface area (Å²) >= 11 is 0. The van der Waals surface area contributed by atoms with Crippen LogP contribution in [0.4, 0.5) is 10.3 Å². The molecule has 142 valence electrons. The van der Waals surface area contributed by atoms with Crippen molar-refractivity contribution in [3.8, 4) is 11.1 Å². The highest BCUT2D eigenvalue weighted by atomic mass is 19.1. The van der Waals surface area contributed by atoms with Gasteiger partial charge in [0, 0.05) is 29.2 Å². The van der Waals surface area contributed by atoms with Gasteiger partial charge >= 0.3 is 0 Å². The molecule has 0 saturated heterocycles. The van der Waals surface area contributed by atoms with Crippen LogP contribution in [-0.4, -0.2) is 9.97 Å². The lowest BCUT2D eigenvalue weighted by Gasteiger charge is -2.43. The van der Waals surface area contributed by atoms with Crippen LogP contribution in [0, 0.1) is 12.7 Å². The highest BCUT2D eigenvalue weighted by molar-refractivity contribution is 5.70. The zero-order valence-corrected chi connectivity index (χ0v) is 15.9. The van der Waals surface area contributed by atoms with Crippen LogP contribution < -0.4 is 11.1 Å². The highest BCUT2D eigenvalue weighted by Crippen LogP contribution is 2.43. The Balaban J connectivity index is 1.59. The normalized spacial score (nSPS) is 14.9. The van der Waals surface area contributed by atoms with Crippen molar-refractivity contribution in [2.24, 2.45) is 5.73 Å². The second-order valence-electron chi connectivity index (χ2n) is 7.44. The summed E-state index contributed by atoms with van der Waals surface area (Å²) in [7, 11) is 0. The van der Waals surface area contributed by atoms with E-state index < -0.39 is 0 Å². The molecule has 5 heteroatoms. The number of hydrogen-bond acceptors (Lipinski definition) is 4. The zero-order valence-electron chi connectivity index (χ0n) is 15.9. The van der Waals surface area contributed by atoms with E-state index in [2.05, 4.69) is 53.1 Å². The molecular formula is C23H23FN4. The molecule has 3 N–H and O–H groups in total. The van der Waals surface area contributed by atoms with E-state index in [-0.39, 0.29) is 11.4 Å². The van der Waals surface area contributed by atoms with E-state index in [0.29, 0.717) is 28.3 Å². The molecule has 1 heterocycles. The molecule has 1 aliphatic carbocycles. The maximum Gasteiger partial charge on any atom is 0.223 e. The van der Waals surface area contributed by atoms with Crippen molar-refractivity contribution in [2.45, 2.75) is 31.7 Å². The Hall–Kier alpha value is -3.21. The number of nitrogens with zero attached hydrogens (tertiary/aromatic N) is 2. The Labute approximate surface area is 164 Å². The first-order chi connectivity index (χ1) is 13.5. The second-order valence-corrected chi connectivity index (χ2v) is 7.44. The SMILES string of the molecule is C=C(N)c1ccc(F)c(-c2cnc(NC3(c4ccc(C)cc4)CCC3)nc2)c1. The van der Waals surface area contributed by atoms with Crippen LogP contribution in [0.2, 0.25) is 0 Å². The molecule has 2 aromatic carbocycles. The Morgan fingerprint density at radius 3 is 2.36 bits per heavy atom. The quantitative estimate of drug-likeness (QED) is 0.659. The van der Waals surface area contributed by atoms with E-state index >= 15 is 0 Å². The highest BCUT2D eigenvalue weighted by Gasteiger charge is 2.39. The number of rotatable bonds is 5. The lowest BCUT2D eigenvalue weighted by Crippen LogP contribution is -2.42. The Morgan fingerprint density at radius 2 is 1.79 bits per heavy atom. The number of aryl methyl sites for hydroxylation is 1. The average Bonchev–Trinajstić information content (AvgIpc) is 2.66. The van der Waals surface area contributed by atoms with Crippen LogP contribution in [0.1, 0.15) is 36.0 Å². The first-order valence-corrected chi connectivity index (χ1v) is 9.39. The molecule has 3 aromatic rings. The Bertz CT molecular complexity index is 1010. The summed E-state index contributed by atoms with van der Waals surface area (Å²) < 4.78 is 14.3. The topological polar surface area (TPSA) is 63.8 Å². The van der Waals surface area contributed by atoms with Crippen molar-refractivity contribution in [1.82, 2.24) is 9.97 Å². The number of hydrogen-bond donors (Lipinski definition) is 2. The third kappa shape index (κ3) is 3.36. The van der Waals surface area contributed by atoms with E-state index in [1.807, 2.05) is 0 Å². The summed E-state index contributed by atoms with van der Waals surface area (Å²) in [4.78, 5) is 8.88. The molecule has 0 amide bonds. The van der Waals surface area contributed by atoms with Gasteiger partial charge in [0.2, 0.25) is 5.95 Å². The molecule has 4 nitrogen and oxygen atoms in total. The lowest BCUT2D eigenvalue weighted by molar-refractivity contribution is 0.282. The number of nitrogens with two attached hydrogens (primary N) is 1. The molecule has 0 unspecified atom stereocenters. The van der Waals surface area contributed by atoms with Gasteiger partial charge in [-0.3, -0.25) is 0 Å². The van der Waals surface area contributed by atoms with E-state index in [9.17, 15) is 4.39 Å². The van der Waals surface area contributed by atoms with Gasteiger partial charge in [-0.15, -0.1) is 0 Å². The summed E-state index contributed by atoms with van der Waals surface area (Å²) in [5, 5.41) is 3.50. The zero-order chi connectivity index (χ0) is 19.7.